The Kier molecular flexibility index (Phi) is 61.0. The van der Waals surface area contributed by atoms with Crippen molar-refractivity contribution < 1.29 is 0 Å². The quantitative estimate of drug-likeness (QED) is 0.137. The molecule has 0 spiro atoms. The lowest BCUT2D eigenvalue weighted by atomic mass is 10.2. The van der Waals surface area contributed by atoms with E-state index < -0.39 is 0 Å². The smallest absolute Gasteiger partial charge is 0.159 e. The molecule has 0 N–H and O–H groups in total. The van der Waals surface area contributed by atoms with Crippen molar-refractivity contribution in [2.75, 3.05) is 0 Å². The van der Waals surface area contributed by atoms with Crippen LogP contribution in [0.1, 0.15) is 195 Å². The van der Waals surface area contributed by atoms with Crippen LogP contribution in [0.5, 0.6) is 0 Å². The second-order valence-corrected chi connectivity index (χ2v) is 25.4. The summed E-state index contributed by atoms with van der Waals surface area (Å²) in [5, 5.41) is 13.5. The van der Waals surface area contributed by atoms with Gasteiger partial charge in [0.05, 0.1) is 51.7 Å². The van der Waals surface area contributed by atoms with Gasteiger partial charge in [0.15, 0.2) is 11.3 Å². The summed E-state index contributed by atoms with van der Waals surface area (Å²) in [7, 11) is 0. The zero-order chi connectivity index (χ0) is 96.8. The molecule has 0 fully saturated rings. The lowest BCUT2D eigenvalue weighted by Gasteiger charge is -1.95. The van der Waals surface area contributed by atoms with Crippen molar-refractivity contribution in [3.05, 3.63) is 363 Å². The van der Waals surface area contributed by atoms with Gasteiger partial charge < -0.3 is 0 Å². The Labute approximate surface area is 774 Å². The van der Waals surface area contributed by atoms with Crippen LogP contribution in [-0.4, -0.2) is 99.7 Å². The molecule has 0 aliphatic carbocycles. The zero-order valence-corrected chi connectivity index (χ0v) is 82.8. The fourth-order valence-corrected chi connectivity index (χ4v) is 10.8. The SMILES string of the molecule is CC.CC.CC.CC.CC.CC.CC.CC.CC.CC.Cc1cc2cccnc2cn1.Cc1cc2ccncc2cn1.Cc1cc2cnccc2cn1.Cc1cc2ncccc2cn1.Cc1ccc2cccnc2n1.Cc1ccc2ccncc2n1.Cc1ccc2cnccc2n1.Cc1cnc2ccncc2c1.Cc1cnc2cnccc2c1.Cc1cnc2ncccc2c1. The van der Waals surface area contributed by atoms with E-state index in [0.717, 1.165) is 144 Å². The minimum absolute atomic E-state index is 0.818. The number of rotatable bonds is 0. The van der Waals surface area contributed by atoms with Crippen molar-refractivity contribution in [2.24, 2.45) is 0 Å². The third-order valence-electron chi connectivity index (χ3n) is 16.3. The number of hydrogen-bond donors (Lipinski definition) is 0. The molecule has 130 heavy (non-hydrogen) atoms. The number of pyridine rings is 20. The molecule has 20 nitrogen and oxygen atoms in total. The summed E-state index contributed by atoms with van der Waals surface area (Å²) in [4.78, 5) is 82.8. The van der Waals surface area contributed by atoms with Crippen LogP contribution >= 0.6 is 0 Å². The summed E-state index contributed by atoms with van der Waals surface area (Å²) in [5.41, 5.74) is 18.3. The van der Waals surface area contributed by atoms with Crippen molar-refractivity contribution in [1.29, 1.82) is 0 Å². The molecular formula is C110H140N20. The van der Waals surface area contributed by atoms with E-state index in [9.17, 15) is 0 Å². The minimum Gasteiger partial charge on any atom is -0.264 e. The molecule has 0 saturated carbocycles. The molecule has 20 aromatic rings. The van der Waals surface area contributed by atoms with Gasteiger partial charge in [-0.05, 0) is 243 Å². The number of hydrogen-bond acceptors (Lipinski definition) is 20. The van der Waals surface area contributed by atoms with Crippen LogP contribution in [0.25, 0.3) is 109 Å². The summed E-state index contributed by atoms with van der Waals surface area (Å²) < 4.78 is 0. The maximum Gasteiger partial charge on any atom is 0.159 e. The molecule has 0 aliphatic heterocycles. The van der Waals surface area contributed by atoms with Gasteiger partial charge in [-0.15, -0.1) is 0 Å². The standard InChI is InChI=1S/10C9H8N2.10C2H6/c1-7-4-9-5-10-3-2-8(9)6-11-7;1-7-4-8-2-3-10-5-9(8)6-11-7;1-7-4-8-6-10-3-2-9(8)11-5-7;1-7-4-8-2-3-10-6-9(8)11-5-7;1-7-2-3-8-6-10-5-4-9(8)11-7;1-7-2-3-8-4-5-10-6-9(8)11-7;1-7-4-5-8-3-2-6-10-9(8)11-7;1-7-5-9-8(6-11-7)3-2-4-10-9;1-7-5-8-3-2-4-10-9(8)6-11-7;1-7-5-8-3-2-4-10-9(8)11-6-7;10*1-2/h10*2-6H,1H3;10*1-2H3. The van der Waals surface area contributed by atoms with Crippen molar-refractivity contribution in [2.45, 2.75) is 208 Å². The van der Waals surface area contributed by atoms with Crippen molar-refractivity contribution in [3.63, 3.8) is 0 Å². The second kappa shape index (κ2) is 69.8. The van der Waals surface area contributed by atoms with Crippen LogP contribution < -0.4 is 0 Å². The summed E-state index contributed by atoms with van der Waals surface area (Å²) in [5.74, 6) is 0. The molecule has 0 atom stereocenters. The largest absolute Gasteiger partial charge is 0.264 e. The van der Waals surface area contributed by atoms with Gasteiger partial charge in [0.1, 0.15) is 0 Å². The predicted octanol–water partition coefficient (Wildman–Crippen LogP) is 29.6. The number of aromatic nitrogens is 20. The van der Waals surface area contributed by atoms with E-state index >= 15 is 0 Å². The molecule has 680 valence electrons. The van der Waals surface area contributed by atoms with Gasteiger partial charge in [-0.2, -0.15) is 0 Å². The first-order valence-corrected chi connectivity index (χ1v) is 45.3. The van der Waals surface area contributed by atoms with E-state index in [1.54, 1.807) is 80.6 Å². The van der Waals surface area contributed by atoms with Gasteiger partial charge in [-0.3, -0.25) is 79.7 Å². The molecule has 0 amide bonds. The highest BCUT2D eigenvalue weighted by Gasteiger charge is 2.01. The topological polar surface area (TPSA) is 258 Å². The maximum atomic E-state index is 4.34. The first kappa shape index (κ1) is 114. The third kappa shape index (κ3) is 41.8. The molecule has 0 saturated heterocycles. The van der Waals surface area contributed by atoms with E-state index in [1.807, 2.05) is 403 Å². The van der Waals surface area contributed by atoms with E-state index in [4.69, 9.17) is 0 Å². The maximum absolute atomic E-state index is 4.34. The van der Waals surface area contributed by atoms with Crippen LogP contribution in [0.3, 0.4) is 0 Å². The molecule has 0 radical (unpaired) electrons. The van der Waals surface area contributed by atoms with E-state index in [-0.39, 0.29) is 0 Å². The first-order valence-electron chi connectivity index (χ1n) is 45.3. The number of nitrogens with zero attached hydrogens (tertiary/aromatic N) is 20. The molecule has 20 heteroatoms. The molecule has 0 unspecified atom stereocenters. The van der Waals surface area contributed by atoms with Crippen LogP contribution in [0.15, 0.2) is 306 Å². The Morgan fingerprint density at radius 3 is 1.08 bits per heavy atom. The average molecular weight is 1740 g/mol. The third-order valence-corrected chi connectivity index (χ3v) is 16.3. The molecular weight excluding hydrogens is 1600 g/mol. The van der Waals surface area contributed by atoms with Gasteiger partial charge in [0, 0.05) is 223 Å². The Bertz CT molecular complexity index is 5110. The highest BCUT2D eigenvalue weighted by atomic mass is 14.8. The molecule has 20 heterocycles. The van der Waals surface area contributed by atoms with Crippen molar-refractivity contribution in [1.82, 2.24) is 99.7 Å². The average Bonchev–Trinajstić information content (AvgIpc) is 0.929. The van der Waals surface area contributed by atoms with E-state index in [0.29, 0.717) is 0 Å². The fourth-order valence-electron chi connectivity index (χ4n) is 10.8. The molecule has 0 aliphatic rings. The second-order valence-electron chi connectivity index (χ2n) is 25.4. The highest BCUT2D eigenvalue weighted by molar-refractivity contribution is 5.84. The number of aryl methyl sites for hydroxylation is 10. The summed E-state index contributed by atoms with van der Waals surface area (Å²) >= 11 is 0. The van der Waals surface area contributed by atoms with Gasteiger partial charge in [0.2, 0.25) is 0 Å². The van der Waals surface area contributed by atoms with Crippen LogP contribution in [0.4, 0.5) is 0 Å². The van der Waals surface area contributed by atoms with Crippen LogP contribution in [0, 0.1) is 69.2 Å². The molecule has 0 aromatic carbocycles. The Morgan fingerprint density at radius 1 is 0.146 bits per heavy atom. The molecule has 20 aromatic heterocycles. The van der Waals surface area contributed by atoms with Crippen LogP contribution in [-0.2, 0) is 0 Å². The fraction of sp³-hybridized carbons (Fsp3) is 0.273. The highest BCUT2D eigenvalue weighted by Crippen LogP contribution is 2.18. The van der Waals surface area contributed by atoms with Gasteiger partial charge >= 0.3 is 0 Å². The Hall–Kier alpha value is -14.4. The predicted molar refractivity (Wildman–Crippen MR) is 556 cm³/mol. The normalized spacial score (nSPS) is 9.15. The van der Waals surface area contributed by atoms with Gasteiger partial charge in [-0.25, -0.2) is 19.9 Å². The van der Waals surface area contributed by atoms with Gasteiger partial charge in [-0.1, -0.05) is 151 Å². The van der Waals surface area contributed by atoms with Crippen molar-refractivity contribution >= 4 is 109 Å². The summed E-state index contributed by atoms with van der Waals surface area (Å²) in [6.07, 6.45) is 41.5. The summed E-state index contributed by atoms with van der Waals surface area (Å²) in [6, 6.07) is 53.9. The zero-order valence-electron chi connectivity index (χ0n) is 82.8. The Morgan fingerprint density at radius 2 is 0.485 bits per heavy atom. The van der Waals surface area contributed by atoms with Crippen molar-refractivity contribution in [3.8, 4) is 0 Å². The number of fused-ring (bicyclic) bond motifs is 10. The monoisotopic (exact) mass is 1740 g/mol. The Balaban J connectivity index is 0.000000706. The minimum atomic E-state index is 0.818. The lowest BCUT2D eigenvalue weighted by Crippen LogP contribution is -1.84. The first-order chi connectivity index (χ1) is 63.6. The van der Waals surface area contributed by atoms with Gasteiger partial charge in [0.25, 0.3) is 0 Å². The van der Waals surface area contributed by atoms with E-state index in [2.05, 4.69) is 130 Å². The van der Waals surface area contributed by atoms with Crippen LogP contribution in [0.2, 0.25) is 0 Å². The lowest BCUT2D eigenvalue weighted by molar-refractivity contribution is 1.20. The molecule has 0 bridgehead atoms. The van der Waals surface area contributed by atoms with E-state index in [1.165, 1.54) is 22.1 Å². The molecule has 20 rings (SSSR count). The summed E-state index contributed by atoms with van der Waals surface area (Å²) in [6.45, 7) is 59.9.